The van der Waals surface area contributed by atoms with Crippen molar-refractivity contribution in [3.63, 3.8) is 0 Å². The predicted octanol–water partition coefficient (Wildman–Crippen LogP) is 4.98. The highest BCUT2D eigenvalue weighted by molar-refractivity contribution is 7.91. The van der Waals surface area contributed by atoms with E-state index in [9.17, 15) is 105 Å². The van der Waals surface area contributed by atoms with Gasteiger partial charge in [0.15, 0.2) is 0 Å². The summed E-state index contributed by atoms with van der Waals surface area (Å²) in [6.07, 6.45) is 9.76. The van der Waals surface area contributed by atoms with Gasteiger partial charge in [-0.05, 0) is 120 Å². The lowest BCUT2D eigenvalue weighted by Crippen LogP contribution is -2.41. The standard InChI is InChI=1S/C63H71N11O24S8/c1-62(2)52(73(26-8-28-100(79,80)81)48-19-16-43-45(56(48)62)30-41(103(87,88)89)32-50(43)105(93,94)95)21-13-37(14-22-53-63(3,4)57-46-31-42(104(90,91)92)33-51(106(96,97)98)44(46)17-20-49(57)74(53)27-9-29-101(82,83)84)47-18-12-39(35-68-47)58(77)65-24-7-5-6-10-54(75)69-36-40-15-11-38(34-67-40)59(78)66-25-23-55(76)70-60-71-72-61(99-60)102(64,85)86/h11-22,30-35,52H,5-10,23-29,36H2,1-4H3,(H,65,77)(H,66,78)(H,69,75)(H2,64,85,86)(H,70,71,76)(H,79,80,81)(H,82,83,84)(H,87,88,89)(H,90,91,92)(H,93,94,95)(H,96,97,98)/b21-13+,37-14?,53-22?. The predicted molar refractivity (Wildman–Crippen MR) is 387 cm³/mol. The number of rotatable bonds is 31. The number of fused-ring (bicyclic) bond motifs is 6. The fraction of sp³-hybridized carbons (Fsp3) is 0.333. The van der Waals surface area contributed by atoms with Gasteiger partial charge in [0.05, 0.1) is 56.4 Å². The first-order valence-electron chi connectivity index (χ1n) is 31.7. The maximum absolute atomic E-state index is 13.7. The number of aromatic nitrogens is 4. The Balaban J connectivity index is 0.966. The molecule has 5 heterocycles. The zero-order valence-corrected chi connectivity index (χ0v) is 63.0. The number of pyridine rings is 2. The van der Waals surface area contributed by atoms with E-state index in [0.29, 0.717) is 59.8 Å². The largest absolute Gasteiger partial charge is 0.364 e. The number of primary sulfonamides is 1. The summed E-state index contributed by atoms with van der Waals surface area (Å²) in [5.41, 5.74) is -0.151. The van der Waals surface area contributed by atoms with Crippen LogP contribution >= 0.6 is 11.3 Å². The van der Waals surface area contributed by atoms with Crippen LogP contribution in [-0.2, 0) is 97.7 Å². The number of carbonyl (C=O) groups excluding carboxylic acids is 4. The van der Waals surface area contributed by atoms with Crippen molar-refractivity contribution in [3.05, 3.63) is 149 Å². The molecule has 0 spiro atoms. The summed E-state index contributed by atoms with van der Waals surface area (Å²) >= 11 is 0.558. The number of hydrogen-bond acceptors (Lipinski definition) is 25. The van der Waals surface area contributed by atoms with Crippen LogP contribution in [0.1, 0.15) is 116 Å². The Morgan fingerprint density at radius 3 is 1.66 bits per heavy atom. The quantitative estimate of drug-likeness (QED) is 0.0118. The van der Waals surface area contributed by atoms with E-state index in [1.54, 1.807) is 61.8 Å². The number of benzene rings is 4. The molecule has 0 fully saturated rings. The van der Waals surface area contributed by atoms with Crippen molar-refractivity contribution in [1.29, 1.82) is 0 Å². The first kappa shape index (κ1) is 81.4. The molecule has 0 bridgehead atoms. The van der Waals surface area contributed by atoms with Crippen molar-refractivity contribution in [2.45, 2.75) is 120 Å². The molecule has 4 aromatic carbocycles. The zero-order chi connectivity index (χ0) is 78.1. The van der Waals surface area contributed by atoms with Crippen molar-refractivity contribution in [2.75, 3.05) is 52.8 Å². The Kier molecular flexibility index (Phi) is 24.0. The number of anilines is 3. The molecule has 106 heavy (non-hydrogen) atoms. The number of allylic oxidation sites excluding steroid dienone is 5. The van der Waals surface area contributed by atoms with Gasteiger partial charge in [0.2, 0.25) is 21.3 Å². The van der Waals surface area contributed by atoms with Crippen molar-refractivity contribution in [2.24, 2.45) is 5.14 Å². The molecule has 7 aromatic rings. The van der Waals surface area contributed by atoms with Crippen LogP contribution in [0.2, 0.25) is 0 Å². The SMILES string of the molecule is CC1(C)C(=CC=C(/C=C/C2N(CCCS(=O)(=O)O)c3ccc4c(S(=O)(=O)O)cc(S(=O)(=O)O)cc4c3C2(C)C)c2ccc(C(=O)NCCCCCC(=O)NCc3ccc(C(=O)NCCC(=O)Nc4nnc(S(N)(=O)=O)s4)cn3)cn2)N(CCCS(=O)(=O)O)c2ccc3c(S(=O)(=O)O)cc(S(=O)(=O)O)cc3c21. The molecule has 9 rings (SSSR count). The minimum Gasteiger partial charge on any atom is -0.364 e. The summed E-state index contributed by atoms with van der Waals surface area (Å²) in [6.45, 7) is 6.50. The number of nitrogens with zero attached hydrogens (tertiary/aromatic N) is 6. The minimum atomic E-state index is -5.19. The monoisotopic (exact) mass is 1620 g/mol. The van der Waals surface area contributed by atoms with Crippen LogP contribution in [0.3, 0.4) is 0 Å². The second-order valence-corrected chi connectivity index (χ2v) is 37.1. The third-order valence-electron chi connectivity index (χ3n) is 17.4. The van der Waals surface area contributed by atoms with Crippen molar-refractivity contribution >= 4 is 149 Å². The van der Waals surface area contributed by atoms with Gasteiger partial charge in [-0.2, -0.15) is 50.5 Å². The topological polar surface area (TPSA) is 561 Å². The Hall–Kier alpha value is -8.67. The first-order chi connectivity index (χ1) is 49.1. The normalized spacial score (nSPS) is 16.0. The maximum Gasteiger partial charge on any atom is 0.295 e. The van der Waals surface area contributed by atoms with Crippen molar-refractivity contribution in [3.8, 4) is 0 Å². The van der Waals surface area contributed by atoms with E-state index in [4.69, 9.17) is 5.14 Å². The van der Waals surface area contributed by atoms with Crippen molar-refractivity contribution < 1.29 is 105 Å². The molecule has 12 N–H and O–H groups in total. The summed E-state index contributed by atoms with van der Waals surface area (Å²) in [5.74, 6) is -3.45. The lowest BCUT2D eigenvalue weighted by molar-refractivity contribution is -0.121. The van der Waals surface area contributed by atoms with Crippen LogP contribution in [0.15, 0.2) is 139 Å². The molecular formula is C63H71N11O24S8. The molecule has 1 unspecified atom stereocenters. The van der Waals surface area contributed by atoms with Gasteiger partial charge < -0.3 is 31.1 Å². The van der Waals surface area contributed by atoms with E-state index in [2.05, 4.69) is 41.4 Å². The molecule has 2 aliphatic heterocycles. The van der Waals surface area contributed by atoms with Crippen molar-refractivity contribution in [1.82, 2.24) is 36.1 Å². The van der Waals surface area contributed by atoms with Crippen LogP contribution < -0.4 is 36.2 Å². The molecule has 0 radical (unpaired) electrons. The molecule has 0 aliphatic carbocycles. The fourth-order valence-electron chi connectivity index (χ4n) is 12.6. The number of hydrogen-bond donors (Lipinski definition) is 11. The van der Waals surface area contributed by atoms with Crippen LogP contribution in [-0.4, -0.2) is 174 Å². The van der Waals surface area contributed by atoms with Gasteiger partial charge >= 0.3 is 0 Å². The van der Waals surface area contributed by atoms with Crippen LogP contribution in [0.25, 0.3) is 27.1 Å². The number of nitrogens with two attached hydrogens (primary N) is 1. The third kappa shape index (κ3) is 19.5. The molecule has 4 amide bonds. The molecule has 3 aromatic heterocycles. The second kappa shape index (κ2) is 31.3. The highest BCUT2D eigenvalue weighted by atomic mass is 32.3. The van der Waals surface area contributed by atoms with Crippen LogP contribution in [0.4, 0.5) is 16.5 Å². The Morgan fingerprint density at radius 1 is 0.575 bits per heavy atom. The maximum atomic E-state index is 13.7. The summed E-state index contributed by atoms with van der Waals surface area (Å²) < 4.78 is 234. The lowest BCUT2D eigenvalue weighted by atomic mass is 9.78. The average Bonchev–Trinajstić information content (AvgIpc) is 1.55. The Morgan fingerprint density at radius 2 is 1.13 bits per heavy atom. The van der Waals surface area contributed by atoms with Gasteiger partial charge in [0, 0.05) is 90.1 Å². The van der Waals surface area contributed by atoms with Gasteiger partial charge in [-0.15, -0.1) is 10.2 Å². The van der Waals surface area contributed by atoms with Gasteiger partial charge in [0.1, 0.15) is 9.79 Å². The summed E-state index contributed by atoms with van der Waals surface area (Å²) in [4.78, 5) is 60.0. The molecule has 0 saturated heterocycles. The molecule has 570 valence electrons. The van der Waals surface area contributed by atoms with E-state index in [1.807, 2.05) is 0 Å². The van der Waals surface area contributed by atoms with E-state index in [-0.39, 0.29) is 130 Å². The number of amides is 4. The van der Waals surface area contributed by atoms with Gasteiger partial charge in [0.25, 0.3) is 82.5 Å². The first-order valence-corrected chi connectivity index (χ1v) is 43.1. The zero-order valence-electron chi connectivity index (χ0n) is 56.4. The van der Waals surface area contributed by atoms with E-state index >= 15 is 0 Å². The Labute approximate surface area is 613 Å². The third-order valence-corrected chi connectivity index (χ3v) is 24.6. The number of sulfonamides is 1. The summed E-state index contributed by atoms with van der Waals surface area (Å²) in [7, 11) is -33.9. The number of nitrogens with one attached hydrogen (secondary N) is 4. The highest BCUT2D eigenvalue weighted by Gasteiger charge is 2.46. The highest BCUT2D eigenvalue weighted by Crippen LogP contribution is 2.53. The molecule has 35 nitrogen and oxygen atoms in total. The minimum absolute atomic E-state index is 0.0371. The van der Waals surface area contributed by atoms with Gasteiger partial charge in [-0.1, -0.05) is 75.8 Å². The molecule has 2 aliphatic rings. The summed E-state index contributed by atoms with van der Waals surface area (Å²) in [5, 5.41) is 21.9. The Bertz CT molecular complexity index is 5640. The van der Waals surface area contributed by atoms with E-state index < -0.39 is 141 Å². The smallest absolute Gasteiger partial charge is 0.295 e. The molecule has 43 heteroatoms. The molecule has 1 atom stereocenters. The number of unbranched alkanes of at least 4 members (excludes halogenated alkanes) is 2. The number of carbonyl (C=O) groups is 4. The summed E-state index contributed by atoms with van der Waals surface area (Å²) in [6, 6.07) is 13.7. The fourth-order valence-corrected chi connectivity index (χ4v) is 17.6. The average molecular weight is 1620 g/mol. The van der Waals surface area contributed by atoms with Crippen LogP contribution in [0.5, 0.6) is 0 Å². The van der Waals surface area contributed by atoms with Gasteiger partial charge in [-0.3, -0.25) is 56.5 Å². The molecular weight excluding hydrogens is 1550 g/mol. The van der Waals surface area contributed by atoms with E-state index in [1.165, 1.54) is 60.9 Å². The van der Waals surface area contributed by atoms with Gasteiger partial charge in [-0.25, -0.2) is 13.6 Å². The van der Waals surface area contributed by atoms with E-state index in [0.717, 1.165) is 12.1 Å². The second-order valence-electron chi connectivity index (χ2n) is 25.6. The lowest BCUT2D eigenvalue weighted by Gasteiger charge is -2.32. The molecule has 0 saturated carbocycles. The van der Waals surface area contributed by atoms with Crippen LogP contribution in [0, 0.1) is 0 Å².